The second kappa shape index (κ2) is 8.64. The van der Waals surface area contributed by atoms with Crippen LogP contribution in [0.5, 0.6) is 0 Å². The minimum atomic E-state index is -1.03. The molecule has 5 nitrogen and oxygen atoms in total. The van der Waals surface area contributed by atoms with Gasteiger partial charge in [0.25, 0.3) is 5.56 Å². The number of carboxylic acids is 1. The van der Waals surface area contributed by atoms with E-state index in [0.717, 1.165) is 28.3 Å². The van der Waals surface area contributed by atoms with E-state index in [1.54, 1.807) is 28.8 Å². The van der Waals surface area contributed by atoms with Gasteiger partial charge in [-0.15, -0.1) is 0 Å². The summed E-state index contributed by atoms with van der Waals surface area (Å²) < 4.78 is 1.75. The second-order valence-corrected chi connectivity index (χ2v) is 7.76. The third-order valence-corrected chi connectivity index (χ3v) is 4.95. The van der Waals surface area contributed by atoms with Crippen LogP contribution >= 0.6 is 11.6 Å². The van der Waals surface area contributed by atoms with Gasteiger partial charge in [-0.25, -0.2) is 4.79 Å². The van der Waals surface area contributed by atoms with Gasteiger partial charge in [-0.1, -0.05) is 43.6 Å². The number of hydrogen-bond acceptors (Lipinski definition) is 3. The summed E-state index contributed by atoms with van der Waals surface area (Å²) >= 11 is 6.07. The highest BCUT2D eigenvalue weighted by Gasteiger charge is 2.18. The first-order valence-corrected chi connectivity index (χ1v) is 9.76. The Balaban J connectivity index is 2.41. The number of rotatable bonds is 6. The van der Waals surface area contributed by atoms with E-state index in [1.165, 1.54) is 6.08 Å². The topological polar surface area (TPSA) is 85.3 Å². The summed E-state index contributed by atoms with van der Waals surface area (Å²) in [5.74, 6) is -0.760. The van der Waals surface area contributed by atoms with E-state index < -0.39 is 5.97 Å². The van der Waals surface area contributed by atoms with Gasteiger partial charge in [0.2, 0.25) is 0 Å². The Labute approximate surface area is 174 Å². The number of pyridine rings is 1. The van der Waals surface area contributed by atoms with Crippen molar-refractivity contribution in [2.24, 2.45) is 11.7 Å². The molecule has 0 fully saturated rings. The predicted molar refractivity (Wildman–Crippen MR) is 118 cm³/mol. The maximum Gasteiger partial charge on any atom is 0.328 e. The van der Waals surface area contributed by atoms with E-state index in [2.05, 4.69) is 13.8 Å². The van der Waals surface area contributed by atoms with Gasteiger partial charge in [0.15, 0.2) is 0 Å². The number of aromatic nitrogens is 1. The van der Waals surface area contributed by atoms with Crippen LogP contribution in [0.1, 0.15) is 25.1 Å². The van der Waals surface area contributed by atoms with Gasteiger partial charge in [0.05, 0.1) is 0 Å². The molecule has 1 heterocycles. The first kappa shape index (κ1) is 20.8. The van der Waals surface area contributed by atoms with Crippen molar-refractivity contribution in [3.8, 4) is 11.1 Å². The van der Waals surface area contributed by atoms with Crippen molar-refractivity contribution in [2.75, 3.05) is 0 Å². The molecule has 29 heavy (non-hydrogen) atoms. The van der Waals surface area contributed by atoms with Crippen molar-refractivity contribution in [1.82, 2.24) is 4.57 Å². The third-order valence-electron chi connectivity index (χ3n) is 4.70. The minimum Gasteiger partial charge on any atom is -0.478 e. The molecule has 0 saturated heterocycles. The summed E-state index contributed by atoms with van der Waals surface area (Å²) in [4.78, 5) is 24.1. The molecule has 0 aliphatic carbocycles. The SMILES string of the molecule is CC(C)Cn1c(CN)c(-c2ccc(Cl)cc2)c2cc(C=CC(=O)O)ccc2c1=O. The molecule has 0 spiro atoms. The molecule has 0 amide bonds. The van der Waals surface area contributed by atoms with Gasteiger partial charge in [-0.2, -0.15) is 0 Å². The Morgan fingerprint density at radius 3 is 2.45 bits per heavy atom. The van der Waals surface area contributed by atoms with Gasteiger partial charge in [-0.05, 0) is 52.8 Å². The van der Waals surface area contributed by atoms with Crippen LogP contribution in [0.15, 0.2) is 53.3 Å². The summed E-state index contributed by atoms with van der Waals surface area (Å²) in [6, 6.07) is 12.7. The molecule has 3 rings (SSSR count). The molecule has 6 heteroatoms. The highest BCUT2D eigenvalue weighted by atomic mass is 35.5. The molecular formula is C23H23ClN2O3. The molecule has 0 aliphatic rings. The maximum absolute atomic E-state index is 13.2. The van der Waals surface area contributed by atoms with Crippen LogP contribution in [-0.4, -0.2) is 15.6 Å². The first-order chi connectivity index (χ1) is 13.8. The molecule has 0 unspecified atom stereocenters. The van der Waals surface area contributed by atoms with Crippen LogP contribution in [0.2, 0.25) is 5.02 Å². The Kier molecular flexibility index (Phi) is 6.20. The van der Waals surface area contributed by atoms with Gasteiger partial charge in [0.1, 0.15) is 0 Å². The lowest BCUT2D eigenvalue weighted by Crippen LogP contribution is -2.28. The van der Waals surface area contributed by atoms with Crippen molar-refractivity contribution in [3.05, 3.63) is 75.2 Å². The molecule has 0 bridgehead atoms. The lowest BCUT2D eigenvalue weighted by molar-refractivity contribution is -0.131. The first-order valence-electron chi connectivity index (χ1n) is 9.38. The fraction of sp³-hybridized carbons (Fsp3) is 0.217. The number of hydrogen-bond donors (Lipinski definition) is 2. The van der Waals surface area contributed by atoms with Crippen LogP contribution in [0.4, 0.5) is 0 Å². The quantitative estimate of drug-likeness (QED) is 0.584. The number of fused-ring (bicyclic) bond motifs is 1. The largest absolute Gasteiger partial charge is 0.478 e. The van der Waals surface area contributed by atoms with Crippen molar-refractivity contribution in [2.45, 2.75) is 26.9 Å². The molecule has 0 saturated carbocycles. The maximum atomic E-state index is 13.2. The highest BCUT2D eigenvalue weighted by molar-refractivity contribution is 6.30. The summed E-state index contributed by atoms with van der Waals surface area (Å²) in [6.45, 7) is 4.87. The Bertz CT molecular complexity index is 1150. The average Bonchev–Trinajstić information content (AvgIpc) is 2.68. The van der Waals surface area contributed by atoms with Crippen LogP contribution in [0.3, 0.4) is 0 Å². The summed E-state index contributed by atoms with van der Waals surface area (Å²) in [7, 11) is 0. The van der Waals surface area contributed by atoms with Crippen LogP contribution < -0.4 is 11.3 Å². The number of aliphatic carboxylic acids is 1. The fourth-order valence-corrected chi connectivity index (χ4v) is 3.62. The standard InChI is InChI=1S/C23H23ClN2O3/c1-14(2)13-26-20(12-25)22(16-5-7-17(24)8-6-16)19-11-15(4-10-21(27)28)3-9-18(19)23(26)29/h3-11,14H,12-13,25H2,1-2H3,(H,27,28). The van der Waals surface area contributed by atoms with Crippen molar-refractivity contribution in [1.29, 1.82) is 0 Å². The molecule has 3 N–H and O–H groups in total. The number of benzene rings is 2. The molecule has 0 atom stereocenters. The van der Waals surface area contributed by atoms with E-state index in [9.17, 15) is 9.59 Å². The number of halogens is 1. The average molecular weight is 411 g/mol. The predicted octanol–water partition coefficient (Wildman–Crippen LogP) is 4.53. The number of carbonyl (C=O) groups is 1. The molecular weight excluding hydrogens is 388 g/mol. The van der Waals surface area contributed by atoms with E-state index >= 15 is 0 Å². The van der Waals surface area contributed by atoms with Gasteiger partial charge in [-0.3, -0.25) is 4.79 Å². The van der Waals surface area contributed by atoms with Gasteiger partial charge < -0.3 is 15.4 Å². The zero-order chi connectivity index (χ0) is 21.1. The molecule has 150 valence electrons. The van der Waals surface area contributed by atoms with E-state index in [0.29, 0.717) is 22.5 Å². The molecule has 3 aromatic rings. The normalized spacial score (nSPS) is 11.6. The molecule has 1 aromatic heterocycles. The van der Waals surface area contributed by atoms with E-state index in [4.69, 9.17) is 22.4 Å². The number of carboxylic acid groups (broad SMARTS) is 1. The van der Waals surface area contributed by atoms with Crippen molar-refractivity contribution < 1.29 is 9.90 Å². The lowest BCUT2D eigenvalue weighted by atomic mass is 9.95. The summed E-state index contributed by atoms with van der Waals surface area (Å²) in [5, 5.41) is 10.9. The van der Waals surface area contributed by atoms with Gasteiger partial charge >= 0.3 is 5.97 Å². The molecule has 0 radical (unpaired) electrons. The second-order valence-electron chi connectivity index (χ2n) is 7.32. The van der Waals surface area contributed by atoms with E-state index in [1.807, 2.05) is 18.2 Å². The third kappa shape index (κ3) is 4.42. The van der Waals surface area contributed by atoms with Crippen molar-refractivity contribution >= 4 is 34.4 Å². The van der Waals surface area contributed by atoms with Crippen LogP contribution in [-0.2, 0) is 17.9 Å². The Morgan fingerprint density at radius 2 is 1.86 bits per heavy atom. The van der Waals surface area contributed by atoms with Crippen LogP contribution in [0, 0.1) is 5.92 Å². The number of nitrogens with two attached hydrogens (primary N) is 1. The Morgan fingerprint density at radius 1 is 1.17 bits per heavy atom. The summed E-state index contributed by atoms with van der Waals surface area (Å²) in [6.07, 6.45) is 2.59. The lowest BCUT2D eigenvalue weighted by Gasteiger charge is -2.21. The zero-order valence-electron chi connectivity index (χ0n) is 16.4. The van der Waals surface area contributed by atoms with E-state index in [-0.39, 0.29) is 18.0 Å². The Hall–Kier alpha value is -2.89. The fourth-order valence-electron chi connectivity index (χ4n) is 3.49. The molecule has 0 aliphatic heterocycles. The number of nitrogens with zero attached hydrogens (tertiary/aromatic N) is 1. The van der Waals surface area contributed by atoms with Gasteiger partial charge in [0, 0.05) is 40.8 Å². The van der Waals surface area contributed by atoms with Crippen molar-refractivity contribution in [3.63, 3.8) is 0 Å². The zero-order valence-corrected chi connectivity index (χ0v) is 17.1. The summed E-state index contributed by atoms with van der Waals surface area (Å²) in [5.41, 5.74) is 9.22. The molecule has 2 aromatic carbocycles. The minimum absolute atomic E-state index is 0.0966. The smallest absolute Gasteiger partial charge is 0.328 e. The monoisotopic (exact) mass is 410 g/mol. The highest BCUT2D eigenvalue weighted by Crippen LogP contribution is 2.32. The van der Waals surface area contributed by atoms with Crippen LogP contribution in [0.25, 0.3) is 28.0 Å².